The molecule has 8 heteroatoms. The molecule has 0 aromatic carbocycles. The van der Waals surface area contributed by atoms with Crippen LogP contribution < -0.4 is 0 Å². The number of thiol groups is 1. The van der Waals surface area contributed by atoms with Crippen molar-refractivity contribution in [3.05, 3.63) is 0 Å². The molecule has 0 aliphatic carbocycles. The van der Waals surface area contributed by atoms with Crippen LogP contribution in [0.25, 0.3) is 0 Å². The first-order chi connectivity index (χ1) is 3.42. The van der Waals surface area contributed by atoms with Gasteiger partial charge in [0.1, 0.15) is 0 Å². The van der Waals surface area contributed by atoms with Crippen molar-refractivity contribution < 1.29 is 36.9 Å². The van der Waals surface area contributed by atoms with E-state index in [1.165, 1.54) is 0 Å². The van der Waals surface area contributed by atoms with E-state index in [4.69, 9.17) is 8.42 Å². The van der Waals surface area contributed by atoms with Gasteiger partial charge in [0.05, 0.1) is 0 Å². The second kappa shape index (κ2) is 2.67. The van der Waals surface area contributed by atoms with Crippen molar-refractivity contribution in [2.24, 2.45) is 0 Å². The second-order valence-electron chi connectivity index (χ2n) is 0.547. The third kappa shape index (κ3) is 6.22. The van der Waals surface area contributed by atoms with Crippen molar-refractivity contribution in [1.29, 1.82) is 0 Å². The minimum absolute atomic E-state index is 2.47. The first-order valence-corrected chi connectivity index (χ1v) is 3.56. The number of hydrogen-bond acceptors (Lipinski definition) is 3. The van der Waals surface area contributed by atoms with Gasteiger partial charge in [0.25, 0.3) is 0 Å². The van der Waals surface area contributed by atoms with Gasteiger partial charge in [-0.15, -0.1) is 0 Å². The summed E-state index contributed by atoms with van der Waals surface area (Å²) in [4.78, 5) is 0. The van der Waals surface area contributed by atoms with Crippen LogP contribution >= 0.6 is 0 Å². The van der Waals surface area contributed by atoms with Crippen molar-refractivity contribution in [1.82, 2.24) is 0 Å². The molecule has 0 aliphatic heterocycles. The van der Waals surface area contributed by atoms with Crippen LogP contribution in [0.5, 0.6) is 0 Å². The van der Waals surface area contributed by atoms with E-state index in [-0.39, 0.29) is 0 Å². The summed E-state index contributed by atoms with van der Waals surface area (Å²) in [5.74, 6) is 0. The molecular weight excluding hydrogens is 201 g/mol. The average Bonchev–Trinajstić information content (AvgIpc) is 1.21. The first kappa shape index (κ1) is 8.22. The second-order valence-corrected chi connectivity index (χ2v) is 2.46. The van der Waals surface area contributed by atoms with E-state index < -0.39 is 25.5 Å². The molecule has 8 heavy (non-hydrogen) atoms. The Morgan fingerprint density at radius 2 is 1.62 bits per heavy atom. The zero-order valence-electron chi connectivity index (χ0n) is 3.11. The fourth-order valence-corrected chi connectivity index (χ4v) is 0.630. The summed E-state index contributed by atoms with van der Waals surface area (Å²) in [5, 5.41) is 0. The minimum atomic E-state index is -5.77. The fourth-order valence-electron chi connectivity index (χ4n) is 0.0510. The van der Waals surface area contributed by atoms with Gasteiger partial charge in [0.15, 0.2) is 0 Å². The Bertz CT molecular complexity index is 126. The Balaban J connectivity index is 3.73. The van der Waals surface area contributed by atoms with Crippen molar-refractivity contribution >= 4 is 11.0 Å². The third-order valence-electron chi connectivity index (χ3n) is 0.107. The van der Waals surface area contributed by atoms with Gasteiger partial charge in [-0.3, -0.25) is 0 Å². The van der Waals surface area contributed by atoms with Gasteiger partial charge in [0.2, 0.25) is 0 Å². The van der Waals surface area contributed by atoms with E-state index in [0.29, 0.717) is 0 Å². The summed E-state index contributed by atoms with van der Waals surface area (Å²) in [6.45, 7) is 0. The van der Waals surface area contributed by atoms with E-state index in [0.717, 1.165) is 0 Å². The van der Waals surface area contributed by atoms with Gasteiger partial charge < -0.3 is 0 Å². The molecule has 0 atom stereocenters. The summed E-state index contributed by atoms with van der Waals surface area (Å²) in [6.07, 6.45) is 0. The SMILES string of the molecule is O=[SH](=O)[O][Cu]([F])([F])[F]. The Morgan fingerprint density at radius 3 is 1.62 bits per heavy atom. The molecule has 0 rings (SSSR count). The van der Waals surface area contributed by atoms with Crippen molar-refractivity contribution in [2.75, 3.05) is 0 Å². The Labute approximate surface area is 48.5 Å². The van der Waals surface area contributed by atoms with E-state index in [9.17, 15) is 10.7 Å². The molecular formula is HCuF3O3S. The standard InChI is InChI=1S/Cu.3FH.H2O3S/c;;;;1-4(2)3/h;3*1H;4H,(H,1,2,3)/q+4;;;;/p-4. The topological polar surface area (TPSA) is 43.4 Å². The summed E-state index contributed by atoms with van der Waals surface area (Å²) in [6, 6.07) is 0. The van der Waals surface area contributed by atoms with Gasteiger partial charge in [-0.05, 0) is 0 Å². The van der Waals surface area contributed by atoms with Gasteiger partial charge in [-0.1, -0.05) is 0 Å². The van der Waals surface area contributed by atoms with Gasteiger partial charge >= 0.3 is 47.9 Å². The Morgan fingerprint density at radius 1 is 1.25 bits per heavy atom. The van der Waals surface area contributed by atoms with Crippen LogP contribution in [0.1, 0.15) is 0 Å². The molecule has 0 N–H and O–H groups in total. The molecule has 0 radical (unpaired) electrons. The van der Waals surface area contributed by atoms with Crippen LogP contribution in [0.4, 0.5) is 10.7 Å². The van der Waals surface area contributed by atoms with Gasteiger partial charge in [0, 0.05) is 0 Å². The molecule has 57 valence electrons. The Kier molecular flexibility index (Phi) is 2.75. The zero-order valence-corrected chi connectivity index (χ0v) is 4.94. The average molecular weight is 202 g/mol. The molecule has 0 saturated carbocycles. The normalized spacial score (nSPS) is 14.5. The monoisotopic (exact) mass is 201 g/mol. The maximum atomic E-state index is 10.8. The van der Waals surface area contributed by atoms with E-state index in [2.05, 4.69) is 3.27 Å². The molecule has 0 heterocycles. The predicted molar refractivity (Wildman–Crippen MR) is 14.7 cm³/mol. The molecule has 0 aromatic heterocycles. The number of rotatable bonds is 2. The zero-order chi connectivity index (χ0) is 6.78. The quantitative estimate of drug-likeness (QED) is 0.515. The predicted octanol–water partition coefficient (Wildman–Crippen LogP) is 0.252. The molecule has 0 saturated heterocycles. The van der Waals surface area contributed by atoms with Crippen LogP contribution in [-0.4, -0.2) is 8.42 Å². The molecule has 0 aromatic rings. The van der Waals surface area contributed by atoms with Crippen molar-refractivity contribution in [2.45, 2.75) is 0 Å². The summed E-state index contributed by atoms with van der Waals surface area (Å²) in [5.41, 5.74) is 0. The summed E-state index contributed by atoms with van der Waals surface area (Å²) < 4.78 is 53.1. The molecule has 0 aliphatic rings. The van der Waals surface area contributed by atoms with Crippen molar-refractivity contribution in [3.63, 3.8) is 0 Å². The molecule has 0 bridgehead atoms. The number of halogens is 3. The van der Waals surface area contributed by atoms with Crippen LogP contribution in [0, 0.1) is 0 Å². The Hall–Kier alpha value is 0.219. The number of hydrogen-bond donors (Lipinski definition) is 1. The molecule has 3 nitrogen and oxygen atoms in total. The van der Waals surface area contributed by atoms with Crippen LogP contribution in [-0.2, 0) is 28.8 Å². The van der Waals surface area contributed by atoms with E-state index in [1.807, 2.05) is 0 Å². The van der Waals surface area contributed by atoms with Gasteiger partial charge in [-0.25, -0.2) is 0 Å². The van der Waals surface area contributed by atoms with Crippen LogP contribution in [0.2, 0.25) is 0 Å². The van der Waals surface area contributed by atoms with E-state index >= 15 is 0 Å². The first-order valence-electron chi connectivity index (χ1n) is 1.01. The van der Waals surface area contributed by atoms with Crippen LogP contribution in [0.3, 0.4) is 0 Å². The molecule has 0 spiro atoms. The van der Waals surface area contributed by atoms with Crippen molar-refractivity contribution in [3.8, 4) is 0 Å². The summed E-state index contributed by atoms with van der Waals surface area (Å²) in [7, 11) is -3.78. The van der Waals surface area contributed by atoms with Gasteiger partial charge in [-0.2, -0.15) is 0 Å². The van der Waals surface area contributed by atoms with E-state index in [1.54, 1.807) is 0 Å². The summed E-state index contributed by atoms with van der Waals surface area (Å²) >= 11 is -5.77. The maximum absolute atomic E-state index is 10.8. The molecule has 0 unspecified atom stereocenters. The fraction of sp³-hybridized carbons (Fsp3) is 0. The third-order valence-corrected chi connectivity index (χ3v) is 1.33. The molecule has 0 amide bonds. The van der Waals surface area contributed by atoms with Crippen LogP contribution in [0.15, 0.2) is 0 Å². The molecule has 0 fully saturated rings.